The van der Waals surface area contributed by atoms with E-state index in [1.54, 1.807) is 6.92 Å². The number of hydrogen-bond donors (Lipinski definition) is 1. The number of rotatable bonds is 7. The number of nitro groups is 2. The van der Waals surface area contributed by atoms with Gasteiger partial charge < -0.3 is 5.32 Å². The summed E-state index contributed by atoms with van der Waals surface area (Å²) in [5.74, 6) is -0.377. The number of nitrogens with zero attached hydrogens (tertiary/aromatic N) is 6. The first-order chi connectivity index (χ1) is 11.3. The molecule has 0 saturated carbocycles. The van der Waals surface area contributed by atoms with E-state index in [0.717, 1.165) is 12.4 Å². The molecule has 0 aliphatic rings. The molecule has 1 amide bonds. The lowest BCUT2D eigenvalue weighted by molar-refractivity contribution is -0.385. The first-order valence-corrected chi connectivity index (χ1v) is 6.94. The van der Waals surface area contributed by atoms with Gasteiger partial charge in [0.2, 0.25) is 5.91 Å². The van der Waals surface area contributed by atoms with Crippen LogP contribution in [0.1, 0.15) is 18.7 Å². The van der Waals surface area contributed by atoms with E-state index in [9.17, 15) is 25.0 Å². The highest BCUT2D eigenvalue weighted by Crippen LogP contribution is 2.19. The third kappa shape index (κ3) is 3.53. The number of carbonyl (C=O) groups excluding carboxylic acids is 1. The van der Waals surface area contributed by atoms with E-state index in [1.807, 2.05) is 0 Å². The third-order valence-electron chi connectivity index (χ3n) is 3.43. The highest BCUT2D eigenvalue weighted by atomic mass is 16.6. The molecule has 12 nitrogen and oxygen atoms in total. The van der Waals surface area contributed by atoms with Crippen LogP contribution in [-0.2, 0) is 11.3 Å². The predicted molar refractivity (Wildman–Crippen MR) is 80.2 cm³/mol. The second-order valence-corrected chi connectivity index (χ2v) is 5.00. The molecule has 1 unspecified atom stereocenters. The molecule has 2 heterocycles. The fourth-order valence-corrected chi connectivity index (χ4v) is 2.11. The lowest BCUT2D eigenvalue weighted by atomic mass is 10.3. The van der Waals surface area contributed by atoms with Crippen LogP contribution in [0.15, 0.2) is 18.6 Å². The molecule has 0 aliphatic carbocycles. The zero-order chi connectivity index (χ0) is 17.9. The van der Waals surface area contributed by atoms with Gasteiger partial charge in [-0.05, 0) is 13.8 Å². The summed E-state index contributed by atoms with van der Waals surface area (Å²) in [6.07, 6.45) is 3.48. The van der Waals surface area contributed by atoms with E-state index in [0.29, 0.717) is 0 Å². The van der Waals surface area contributed by atoms with Gasteiger partial charge in [-0.2, -0.15) is 10.2 Å². The van der Waals surface area contributed by atoms with Crippen molar-refractivity contribution in [2.45, 2.75) is 26.4 Å². The van der Waals surface area contributed by atoms with Crippen molar-refractivity contribution < 1.29 is 14.6 Å². The molecule has 2 aromatic rings. The molecule has 12 heteroatoms. The van der Waals surface area contributed by atoms with Crippen molar-refractivity contribution in [2.75, 3.05) is 6.54 Å². The van der Waals surface area contributed by atoms with Gasteiger partial charge in [0.05, 0.1) is 16.4 Å². The quantitative estimate of drug-likeness (QED) is 0.573. The smallest absolute Gasteiger partial charge is 0.309 e. The van der Waals surface area contributed by atoms with Gasteiger partial charge in [-0.15, -0.1) is 0 Å². The van der Waals surface area contributed by atoms with Crippen molar-refractivity contribution in [3.05, 3.63) is 44.5 Å². The third-order valence-corrected chi connectivity index (χ3v) is 3.43. The highest BCUT2D eigenvalue weighted by Gasteiger charge is 2.23. The minimum Gasteiger partial charge on any atom is -0.352 e. The van der Waals surface area contributed by atoms with Gasteiger partial charge in [0.15, 0.2) is 0 Å². The molecule has 0 saturated heterocycles. The maximum Gasteiger partial charge on any atom is 0.309 e. The SMILES string of the molecule is Cc1c([N+](=O)[O-])cnn1C(C)C(=O)NCCn1cc([N+](=O)[O-])cn1. The van der Waals surface area contributed by atoms with Gasteiger partial charge in [-0.1, -0.05) is 0 Å². The largest absolute Gasteiger partial charge is 0.352 e. The Morgan fingerprint density at radius 2 is 2.00 bits per heavy atom. The number of nitrogens with one attached hydrogen (secondary N) is 1. The fraction of sp³-hybridized carbons (Fsp3) is 0.417. The topological polar surface area (TPSA) is 151 Å². The molecular formula is C12H15N7O5. The Hall–Kier alpha value is -3.31. The Morgan fingerprint density at radius 3 is 2.54 bits per heavy atom. The summed E-state index contributed by atoms with van der Waals surface area (Å²) in [4.78, 5) is 32.3. The Balaban J connectivity index is 1.92. The van der Waals surface area contributed by atoms with Crippen LogP contribution in [0.3, 0.4) is 0 Å². The molecule has 1 N–H and O–H groups in total. The molecule has 2 rings (SSSR count). The van der Waals surface area contributed by atoms with Gasteiger partial charge in [-0.25, -0.2) is 0 Å². The first-order valence-electron chi connectivity index (χ1n) is 6.94. The van der Waals surface area contributed by atoms with Crippen LogP contribution >= 0.6 is 0 Å². The molecule has 0 fully saturated rings. The van der Waals surface area contributed by atoms with E-state index in [-0.39, 0.29) is 36.1 Å². The Kier molecular flexibility index (Phi) is 4.87. The summed E-state index contributed by atoms with van der Waals surface area (Å²) in [5.41, 5.74) is -0.00183. The summed E-state index contributed by atoms with van der Waals surface area (Å²) in [7, 11) is 0. The number of amides is 1. The zero-order valence-electron chi connectivity index (χ0n) is 12.9. The van der Waals surface area contributed by atoms with Crippen molar-refractivity contribution >= 4 is 17.3 Å². The first kappa shape index (κ1) is 17.1. The van der Waals surface area contributed by atoms with E-state index in [4.69, 9.17) is 0 Å². The number of carbonyl (C=O) groups is 1. The normalized spacial score (nSPS) is 11.9. The summed E-state index contributed by atoms with van der Waals surface area (Å²) in [6.45, 7) is 3.53. The van der Waals surface area contributed by atoms with Crippen LogP contribution in [0.2, 0.25) is 0 Å². The van der Waals surface area contributed by atoms with Crippen LogP contribution < -0.4 is 5.32 Å². The van der Waals surface area contributed by atoms with Crippen molar-refractivity contribution in [1.82, 2.24) is 24.9 Å². The second-order valence-electron chi connectivity index (χ2n) is 5.00. The minimum absolute atomic E-state index is 0.130. The van der Waals surface area contributed by atoms with Gasteiger partial charge in [-0.3, -0.25) is 34.4 Å². The average Bonchev–Trinajstić information content (AvgIpc) is 3.13. The summed E-state index contributed by atoms with van der Waals surface area (Å²) in [6, 6.07) is -0.731. The molecule has 1 atom stereocenters. The molecule has 0 aromatic carbocycles. The molecule has 0 bridgehead atoms. The van der Waals surface area contributed by atoms with Crippen LogP contribution in [-0.4, -0.2) is 41.9 Å². The van der Waals surface area contributed by atoms with E-state index in [1.165, 1.54) is 22.5 Å². The number of hydrogen-bond acceptors (Lipinski definition) is 7. The van der Waals surface area contributed by atoms with Crippen molar-refractivity contribution in [1.29, 1.82) is 0 Å². The molecule has 0 aliphatic heterocycles. The Bertz CT molecular complexity index is 781. The van der Waals surface area contributed by atoms with Gasteiger partial charge in [0.1, 0.15) is 30.3 Å². The standard InChI is InChI=1S/C12H15N7O5/c1-8-11(19(23)24)6-15-17(8)9(2)12(20)13-3-4-16-7-10(5-14-16)18(21)22/h5-7,9H,3-4H2,1-2H3,(H,13,20). The number of aromatic nitrogens is 4. The molecule has 24 heavy (non-hydrogen) atoms. The van der Waals surface area contributed by atoms with Crippen molar-refractivity contribution in [2.24, 2.45) is 0 Å². The lowest BCUT2D eigenvalue weighted by Crippen LogP contribution is -2.34. The van der Waals surface area contributed by atoms with E-state index >= 15 is 0 Å². The average molecular weight is 337 g/mol. The van der Waals surface area contributed by atoms with E-state index < -0.39 is 15.9 Å². The zero-order valence-corrected chi connectivity index (χ0v) is 12.9. The lowest BCUT2D eigenvalue weighted by Gasteiger charge is -2.13. The Morgan fingerprint density at radius 1 is 1.29 bits per heavy atom. The van der Waals surface area contributed by atoms with Crippen molar-refractivity contribution in [3.63, 3.8) is 0 Å². The van der Waals surface area contributed by atoms with Gasteiger partial charge in [0.25, 0.3) is 0 Å². The van der Waals surface area contributed by atoms with Crippen LogP contribution in [0, 0.1) is 27.2 Å². The maximum atomic E-state index is 12.1. The highest BCUT2D eigenvalue weighted by molar-refractivity contribution is 5.79. The van der Waals surface area contributed by atoms with Crippen LogP contribution in [0.25, 0.3) is 0 Å². The molecule has 0 spiro atoms. The Labute approximate surface area is 135 Å². The molecule has 128 valence electrons. The summed E-state index contributed by atoms with van der Waals surface area (Å²) in [5, 5.41) is 31.7. The van der Waals surface area contributed by atoms with E-state index in [2.05, 4.69) is 15.5 Å². The molecular weight excluding hydrogens is 322 g/mol. The maximum absolute atomic E-state index is 12.1. The molecule has 2 aromatic heterocycles. The summed E-state index contributed by atoms with van der Waals surface area (Å²) < 4.78 is 2.61. The summed E-state index contributed by atoms with van der Waals surface area (Å²) >= 11 is 0. The minimum atomic E-state index is -0.731. The molecule has 0 radical (unpaired) electrons. The van der Waals surface area contributed by atoms with Gasteiger partial charge in [0, 0.05) is 6.54 Å². The van der Waals surface area contributed by atoms with Gasteiger partial charge >= 0.3 is 11.4 Å². The predicted octanol–water partition coefficient (Wildman–Crippen LogP) is 0.582. The fourth-order valence-electron chi connectivity index (χ4n) is 2.11. The monoisotopic (exact) mass is 337 g/mol. The van der Waals surface area contributed by atoms with Crippen molar-refractivity contribution in [3.8, 4) is 0 Å². The van der Waals surface area contributed by atoms with Crippen LogP contribution in [0.4, 0.5) is 11.4 Å². The van der Waals surface area contributed by atoms with Crippen LogP contribution in [0.5, 0.6) is 0 Å². The second kappa shape index (κ2) is 6.85.